The largest absolute Gasteiger partial charge is 0.349 e. The molecule has 1 aliphatic rings. The van der Waals surface area contributed by atoms with E-state index in [2.05, 4.69) is 55.5 Å². The molecule has 0 saturated heterocycles. The van der Waals surface area contributed by atoms with E-state index in [4.69, 9.17) is 5.73 Å². The molecule has 1 aromatic carbocycles. The molecular formula is C20H29ClN4O. The van der Waals surface area contributed by atoms with E-state index in [0.29, 0.717) is 12.2 Å². The number of aromatic nitrogens is 2. The molecule has 0 radical (unpaired) electrons. The van der Waals surface area contributed by atoms with Crippen molar-refractivity contribution in [1.29, 1.82) is 0 Å². The highest BCUT2D eigenvalue weighted by Crippen LogP contribution is 2.28. The van der Waals surface area contributed by atoms with Crippen LogP contribution in [0.4, 0.5) is 0 Å². The molecular weight excluding hydrogens is 348 g/mol. The van der Waals surface area contributed by atoms with Crippen molar-refractivity contribution < 1.29 is 4.79 Å². The van der Waals surface area contributed by atoms with Gasteiger partial charge in [-0.1, -0.05) is 31.5 Å². The number of nitrogens with zero attached hydrogens (tertiary/aromatic N) is 2. The van der Waals surface area contributed by atoms with Crippen molar-refractivity contribution in [2.75, 3.05) is 6.54 Å². The smallest absolute Gasteiger partial charge is 0.272 e. The number of nitrogens with one attached hydrogen (secondary N) is 1. The van der Waals surface area contributed by atoms with E-state index in [1.807, 2.05) is 4.68 Å². The summed E-state index contributed by atoms with van der Waals surface area (Å²) < 4.78 is 1.94. The molecule has 0 unspecified atom stereocenters. The van der Waals surface area contributed by atoms with Crippen molar-refractivity contribution in [2.45, 2.75) is 58.4 Å². The van der Waals surface area contributed by atoms with Gasteiger partial charge in [-0.3, -0.25) is 4.79 Å². The average molecular weight is 377 g/mol. The Kier molecular flexibility index (Phi) is 6.48. The predicted octanol–water partition coefficient (Wildman–Crippen LogP) is 3.34. The lowest BCUT2D eigenvalue weighted by atomic mass is 9.94. The van der Waals surface area contributed by atoms with Crippen LogP contribution in [0.3, 0.4) is 0 Å². The van der Waals surface area contributed by atoms with Gasteiger partial charge in [-0.15, -0.1) is 12.4 Å². The second-order valence-electron chi connectivity index (χ2n) is 7.13. The van der Waals surface area contributed by atoms with E-state index in [0.717, 1.165) is 43.4 Å². The van der Waals surface area contributed by atoms with Gasteiger partial charge in [0.2, 0.25) is 0 Å². The summed E-state index contributed by atoms with van der Waals surface area (Å²) in [6.45, 7) is 6.65. The molecule has 1 aliphatic carbocycles. The number of halogens is 1. The number of hydrogen-bond acceptors (Lipinski definition) is 3. The fourth-order valence-corrected chi connectivity index (χ4v) is 3.36. The first-order valence-corrected chi connectivity index (χ1v) is 9.22. The number of nitrogens with two attached hydrogens (primary N) is 1. The second kappa shape index (κ2) is 8.23. The van der Waals surface area contributed by atoms with Gasteiger partial charge in [0.15, 0.2) is 5.69 Å². The number of hydrogen-bond donors (Lipinski definition) is 2. The topological polar surface area (TPSA) is 72.9 Å². The third kappa shape index (κ3) is 3.94. The fourth-order valence-electron chi connectivity index (χ4n) is 3.36. The summed E-state index contributed by atoms with van der Waals surface area (Å²) in [4.78, 5) is 12.7. The first-order valence-electron chi connectivity index (χ1n) is 9.22. The van der Waals surface area contributed by atoms with Crippen LogP contribution in [0.15, 0.2) is 24.3 Å². The van der Waals surface area contributed by atoms with Crippen LogP contribution in [0.2, 0.25) is 0 Å². The van der Waals surface area contributed by atoms with E-state index >= 15 is 0 Å². The highest BCUT2D eigenvalue weighted by Gasteiger charge is 2.28. The summed E-state index contributed by atoms with van der Waals surface area (Å²) in [6, 6.07) is 8.26. The summed E-state index contributed by atoms with van der Waals surface area (Å²) in [5, 5.41) is 7.65. The second-order valence-corrected chi connectivity index (χ2v) is 7.13. The normalized spacial score (nSPS) is 13.2. The summed E-state index contributed by atoms with van der Waals surface area (Å²) in [5.41, 5.74) is 11.0. The van der Waals surface area contributed by atoms with Crippen LogP contribution in [0, 0.1) is 6.92 Å². The van der Waals surface area contributed by atoms with Gasteiger partial charge in [0.05, 0.1) is 5.69 Å². The predicted molar refractivity (Wildman–Crippen MR) is 107 cm³/mol. The highest BCUT2D eigenvalue weighted by atomic mass is 35.5. The van der Waals surface area contributed by atoms with Gasteiger partial charge in [-0.2, -0.15) is 5.10 Å². The molecule has 0 spiro atoms. The first kappa shape index (κ1) is 20.5. The minimum Gasteiger partial charge on any atom is -0.349 e. The van der Waals surface area contributed by atoms with Gasteiger partial charge in [0.25, 0.3) is 5.91 Å². The molecule has 1 aromatic heterocycles. The Balaban J connectivity index is 0.00000243. The number of amides is 1. The van der Waals surface area contributed by atoms with Crippen molar-refractivity contribution in [2.24, 2.45) is 5.73 Å². The van der Waals surface area contributed by atoms with E-state index in [9.17, 15) is 4.79 Å². The molecule has 6 heteroatoms. The average Bonchev–Trinajstić information content (AvgIpc) is 3.23. The van der Waals surface area contributed by atoms with Gasteiger partial charge >= 0.3 is 0 Å². The Hall–Kier alpha value is -1.85. The van der Waals surface area contributed by atoms with Crippen LogP contribution in [0.25, 0.3) is 5.69 Å². The minimum atomic E-state index is -0.349. The summed E-state index contributed by atoms with van der Waals surface area (Å²) >= 11 is 0. The number of carbonyl (C=O) groups excluding carboxylic acids is 1. The molecule has 0 aliphatic heterocycles. The lowest BCUT2D eigenvalue weighted by Gasteiger charge is -2.26. The molecule has 2 aromatic rings. The van der Waals surface area contributed by atoms with Gasteiger partial charge in [-0.05, 0) is 51.2 Å². The SMILES string of the molecule is CCC(N)(CC)CNC(=O)c1nn(-c2ccc(C)cc2)c2c1CCC2.Cl. The van der Waals surface area contributed by atoms with Crippen molar-refractivity contribution in [3.05, 3.63) is 46.8 Å². The number of carbonyl (C=O) groups is 1. The van der Waals surface area contributed by atoms with E-state index < -0.39 is 0 Å². The van der Waals surface area contributed by atoms with Gasteiger partial charge in [-0.25, -0.2) is 4.68 Å². The lowest BCUT2D eigenvalue weighted by Crippen LogP contribution is -2.49. The van der Waals surface area contributed by atoms with Gasteiger partial charge in [0, 0.05) is 23.3 Å². The molecule has 1 amide bonds. The van der Waals surface area contributed by atoms with E-state index in [-0.39, 0.29) is 23.9 Å². The summed E-state index contributed by atoms with van der Waals surface area (Å²) in [6.07, 6.45) is 4.62. The maximum Gasteiger partial charge on any atom is 0.272 e. The highest BCUT2D eigenvalue weighted by molar-refractivity contribution is 5.94. The molecule has 5 nitrogen and oxygen atoms in total. The maximum atomic E-state index is 12.7. The number of fused-ring (bicyclic) bond motifs is 1. The van der Waals surface area contributed by atoms with Crippen molar-refractivity contribution >= 4 is 18.3 Å². The molecule has 0 fully saturated rings. The van der Waals surface area contributed by atoms with Crippen LogP contribution in [0.1, 0.15) is 60.4 Å². The third-order valence-electron chi connectivity index (χ3n) is 5.43. The molecule has 26 heavy (non-hydrogen) atoms. The molecule has 3 rings (SSSR count). The van der Waals surface area contributed by atoms with Crippen LogP contribution in [0.5, 0.6) is 0 Å². The first-order chi connectivity index (χ1) is 12.0. The number of benzene rings is 1. The number of aryl methyl sites for hydroxylation is 1. The Morgan fingerprint density at radius 3 is 2.50 bits per heavy atom. The van der Waals surface area contributed by atoms with Crippen LogP contribution in [-0.2, 0) is 12.8 Å². The molecule has 0 atom stereocenters. The van der Waals surface area contributed by atoms with Crippen molar-refractivity contribution in [1.82, 2.24) is 15.1 Å². The Morgan fingerprint density at radius 2 is 1.88 bits per heavy atom. The maximum absolute atomic E-state index is 12.7. The molecule has 1 heterocycles. The lowest BCUT2D eigenvalue weighted by molar-refractivity contribution is 0.0936. The quantitative estimate of drug-likeness (QED) is 0.812. The van der Waals surface area contributed by atoms with Crippen molar-refractivity contribution in [3.8, 4) is 5.69 Å². The molecule has 0 bridgehead atoms. The minimum absolute atomic E-state index is 0. The fraction of sp³-hybridized carbons (Fsp3) is 0.500. The zero-order valence-corrected chi connectivity index (χ0v) is 16.7. The van der Waals surface area contributed by atoms with E-state index in [1.54, 1.807) is 0 Å². The van der Waals surface area contributed by atoms with Crippen molar-refractivity contribution in [3.63, 3.8) is 0 Å². The monoisotopic (exact) mass is 376 g/mol. The van der Waals surface area contributed by atoms with E-state index in [1.165, 1.54) is 11.3 Å². The summed E-state index contributed by atoms with van der Waals surface area (Å²) in [5.74, 6) is -0.110. The standard InChI is InChI=1S/C20H28N4O.ClH/c1-4-20(21,5-2)13-22-19(25)18-16-7-6-8-17(16)24(23-18)15-11-9-14(3)10-12-15;/h9-12H,4-8,13,21H2,1-3H3,(H,22,25);1H. The molecule has 3 N–H and O–H groups in total. The number of rotatable bonds is 6. The van der Waals surface area contributed by atoms with Crippen LogP contribution in [-0.4, -0.2) is 27.8 Å². The van der Waals surface area contributed by atoms with Gasteiger partial charge < -0.3 is 11.1 Å². The van der Waals surface area contributed by atoms with Crippen LogP contribution >= 0.6 is 12.4 Å². The van der Waals surface area contributed by atoms with Gasteiger partial charge in [0.1, 0.15) is 0 Å². The molecule has 0 saturated carbocycles. The Labute approximate surface area is 161 Å². The zero-order chi connectivity index (χ0) is 18.0. The summed E-state index contributed by atoms with van der Waals surface area (Å²) in [7, 11) is 0. The third-order valence-corrected chi connectivity index (χ3v) is 5.43. The molecule has 142 valence electrons. The Morgan fingerprint density at radius 1 is 1.23 bits per heavy atom. The Bertz CT molecular complexity index is 763. The zero-order valence-electron chi connectivity index (χ0n) is 15.8. The van der Waals surface area contributed by atoms with Crippen LogP contribution < -0.4 is 11.1 Å².